The molecule has 7 nitrogen and oxygen atoms in total. The number of carbonyl (C=O) groups excluding carboxylic acids is 1. The molecule has 0 saturated carbocycles. The Kier molecular flexibility index (Phi) is 7.91. The summed E-state index contributed by atoms with van der Waals surface area (Å²) >= 11 is 5.91. The number of carbonyl (C=O) groups is 1. The highest BCUT2D eigenvalue weighted by Crippen LogP contribution is 2.27. The van der Waals surface area contributed by atoms with Crippen molar-refractivity contribution in [2.24, 2.45) is 0 Å². The maximum atomic E-state index is 12.2. The first-order valence-corrected chi connectivity index (χ1v) is 7.16. The third kappa shape index (κ3) is 5.45. The van der Waals surface area contributed by atoms with E-state index in [0.717, 1.165) is 0 Å². The molecule has 0 radical (unpaired) electrons. The van der Waals surface area contributed by atoms with Gasteiger partial charge in [-0.15, -0.1) is 0 Å². The molecule has 124 valence electrons. The quantitative estimate of drug-likeness (QED) is 0.481. The van der Waals surface area contributed by atoms with Gasteiger partial charge in [0, 0.05) is 24.3 Å². The molecule has 0 atom stereocenters. The molecule has 8 heteroatoms. The third-order valence-corrected chi connectivity index (χ3v) is 3.15. The normalized spacial score (nSPS) is 10.8. The van der Waals surface area contributed by atoms with Crippen molar-refractivity contribution in [1.29, 1.82) is 5.26 Å². The van der Waals surface area contributed by atoms with Crippen LogP contribution in [0, 0.1) is 11.3 Å². The number of hydrogen-bond donors (Lipinski definition) is 3. The molecule has 0 aliphatic carbocycles. The SMILES string of the molecule is COc1ccc(Cl)cc1N/C=C(/C#N)C(=O)N(CCO)CCO. The first-order chi connectivity index (χ1) is 11.1. The molecule has 0 fully saturated rings. The Morgan fingerprint density at radius 2 is 2.09 bits per heavy atom. The Hall–Kier alpha value is -2.27. The van der Waals surface area contributed by atoms with Crippen molar-refractivity contribution < 1.29 is 19.7 Å². The molecule has 23 heavy (non-hydrogen) atoms. The molecule has 0 spiro atoms. The number of halogens is 1. The van der Waals surface area contributed by atoms with Crippen LogP contribution in [0.5, 0.6) is 5.75 Å². The van der Waals surface area contributed by atoms with E-state index in [4.69, 9.17) is 31.8 Å². The number of methoxy groups -OCH3 is 1. The number of amides is 1. The smallest absolute Gasteiger partial charge is 0.266 e. The van der Waals surface area contributed by atoms with Crippen molar-refractivity contribution >= 4 is 23.2 Å². The minimum absolute atomic E-state index is 0.0267. The number of ether oxygens (including phenoxy) is 1. The van der Waals surface area contributed by atoms with Gasteiger partial charge in [-0.2, -0.15) is 5.26 Å². The molecule has 1 amide bonds. The van der Waals surface area contributed by atoms with Crippen LogP contribution in [0.4, 0.5) is 5.69 Å². The second-order valence-electron chi connectivity index (χ2n) is 4.40. The van der Waals surface area contributed by atoms with Gasteiger partial charge in [-0.1, -0.05) is 11.6 Å². The van der Waals surface area contributed by atoms with Gasteiger partial charge in [-0.05, 0) is 18.2 Å². The molecule has 0 saturated heterocycles. The molecule has 0 aliphatic rings. The van der Waals surface area contributed by atoms with E-state index >= 15 is 0 Å². The summed E-state index contributed by atoms with van der Waals surface area (Å²) < 4.78 is 5.16. The fourth-order valence-corrected chi connectivity index (χ4v) is 1.98. The molecule has 0 unspecified atom stereocenters. The van der Waals surface area contributed by atoms with E-state index in [1.165, 1.54) is 18.2 Å². The fraction of sp³-hybridized carbons (Fsp3) is 0.333. The van der Waals surface area contributed by atoms with Crippen molar-refractivity contribution in [3.63, 3.8) is 0 Å². The minimum Gasteiger partial charge on any atom is -0.495 e. The minimum atomic E-state index is -0.593. The fourth-order valence-electron chi connectivity index (χ4n) is 1.81. The average molecular weight is 340 g/mol. The van der Waals surface area contributed by atoms with E-state index in [9.17, 15) is 4.79 Å². The van der Waals surface area contributed by atoms with Gasteiger partial charge in [0.25, 0.3) is 5.91 Å². The topological polar surface area (TPSA) is 106 Å². The van der Waals surface area contributed by atoms with E-state index in [2.05, 4.69) is 5.32 Å². The zero-order chi connectivity index (χ0) is 17.2. The number of nitrogens with zero attached hydrogens (tertiary/aromatic N) is 2. The monoisotopic (exact) mass is 339 g/mol. The Morgan fingerprint density at radius 1 is 1.43 bits per heavy atom. The standard InChI is InChI=1S/C15H18ClN3O4/c1-23-14-3-2-12(16)8-13(14)18-10-11(9-17)15(22)19(4-6-20)5-7-21/h2-3,8,10,18,20-21H,4-7H2,1H3/b11-10-. The van der Waals surface area contributed by atoms with E-state index in [1.54, 1.807) is 24.3 Å². The van der Waals surface area contributed by atoms with Crippen LogP contribution in [0.1, 0.15) is 0 Å². The first-order valence-electron chi connectivity index (χ1n) is 6.78. The zero-order valence-corrected chi connectivity index (χ0v) is 13.4. The van der Waals surface area contributed by atoms with Gasteiger partial charge < -0.3 is 25.2 Å². The molecular weight excluding hydrogens is 322 g/mol. The van der Waals surface area contributed by atoms with Gasteiger partial charge in [0.2, 0.25) is 0 Å². The van der Waals surface area contributed by atoms with Crippen molar-refractivity contribution in [2.45, 2.75) is 0 Å². The lowest BCUT2D eigenvalue weighted by atomic mass is 10.2. The number of benzene rings is 1. The van der Waals surface area contributed by atoms with Gasteiger partial charge in [-0.3, -0.25) is 4.79 Å². The second kappa shape index (κ2) is 9.69. The van der Waals surface area contributed by atoms with Crippen molar-refractivity contribution in [3.05, 3.63) is 35.0 Å². The van der Waals surface area contributed by atoms with Gasteiger partial charge in [0.05, 0.1) is 26.0 Å². The summed E-state index contributed by atoms with van der Waals surface area (Å²) in [6, 6.07) is 6.68. The molecule has 1 rings (SSSR count). The Bertz CT molecular complexity index is 607. The summed E-state index contributed by atoms with van der Waals surface area (Å²) in [5.41, 5.74) is 0.324. The third-order valence-electron chi connectivity index (χ3n) is 2.91. The Morgan fingerprint density at radius 3 is 2.61 bits per heavy atom. The predicted molar refractivity (Wildman–Crippen MR) is 86.1 cm³/mol. The molecule has 1 aromatic rings. The number of anilines is 1. The number of nitriles is 1. The highest BCUT2D eigenvalue weighted by atomic mass is 35.5. The van der Waals surface area contributed by atoms with Gasteiger partial charge in [0.1, 0.15) is 17.4 Å². The van der Waals surface area contributed by atoms with Crippen molar-refractivity contribution in [3.8, 4) is 11.8 Å². The van der Waals surface area contributed by atoms with E-state index < -0.39 is 5.91 Å². The van der Waals surface area contributed by atoms with Gasteiger partial charge in [0.15, 0.2) is 0 Å². The molecule has 0 bridgehead atoms. The van der Waals surface area contributed by atoms with Crippen LogP contribution >= 0.6 is 11.6 Å². The lowest BCUT2D eigenvalue weighted by Crippen LogP contribution is -2.36. The Labute approximate surface area is 139 Å². The average Bonchev–Trinajstić information content (AvgIpc) is 2.55. The van der Waals surface area contributed by atoms with Crippen LogP contribution in [-0.4, -0.2) is 54.4 Å². The molecule has 0 aliphatic heterocycles. The lowest BCUT2D eigenvalue weighted by molar-refractivity contribution is -0.127. The summed E-state index contributed by atoms with van der Waals surface area (Å²) in [6.45, 7) is -0.474. The zero-order valence-electron chi connectivity index (χ0n) is 12.6. The van der Waals surface area contributed by atoms with Crippen LogP contribution < -0.4 is 10.1 Å². The number of aliphatic hydroxyl groups excluding tert-OH is 2. The maximum Gasteiger partial charge on any atom is 0.266 e. The molecule has 0 aromatic heterocycles. The summed E-state index contributed by atoms with van der Waals surface area (Å²) in [4.78, 5) is 13.4. The Balaban J connectivity index is 2.97. The van der Waals surface area contributed by atoms with Crippen LogP contribution in [0.15, 0.2) is 30.0 Å². The van der Waals surface area contributed by atoms with E-state index in [0.29, 0.717) is 16.5 Å². The van der Waals surface area contributed by atoms with Gasteiger partial charge in [-0.25, -0.2) is 0 Å². The van der Waals surface area contributed by atoms with E-state index in [1.807, 2.05) is 0 Å². The van der Waals surface area contributed by atoms with Crippen molar-refractivity contribution in [2.75, 3.05) is 38.7 Å². The number of rotatable bonds is 8. The summed E-state index contributed by atoms with van der Waals surface area (Å²) in [7, 11) is 1.48. The highest BCUT2D eigenvalue weighted by molar-refractivity contribution is 6.30. The van der Waals surface area contributed by atoms with Crippen LogP contribution in [-0.2, 0) is 4.79 Å². The molecular formula is C15H18ClN3O4. The molecule has 0 heterocycles. The maximum absolute atomic E-state index is 12.2. The van der Waals surface area contributed by atoms with E-state index in [-0.39, 0.29) is 31.9 Å². The largest absolute Gasteiger partial charge is 0.495 e. The lowest BCUT2D eigenvalue weighted by Gasteiger charge is -2.20. The first kappa shape index (κ1) is 18.8. The summed E-state index contributed by atoms with van der Waals surface area (Å²) in [5, 5.41) is 30.3. The molecule has 1 aromatic carbocycles. The summed E-state index contributed by atoms with van der Waals surface area (Å²) in [6.07, 6.45) is 1.23. The van der Waals surface area contributed by atoms with Crippen molar-refractivity contribution in [1.82, 2.24) is 4.90 Å². The number of nitrogens with one attached hydrogen (secondary N) is 1. The number of aliphatic hydroxyl groups is 2. The van der Waals surface area contributed by atoms with Crippen LogP contribution in [0.25, 0.3) is 0 Å². The summed E-state index contributed by atoms with van der Waals surface area (Å²) in [5.74, 6) is -0.0953. The molecule has 3 N–H and O–H groups in total. The van der Waals surface area contributed by atoms with Crippen LogP contribution in [0.2, 0.25) is 5.02 Å². The second-order valence-corrected chi connectivity index (χ2v) is 4.83. The number of hydrogen-bond acceptors (Lipinski definition) is 6. The van der Waals surface area contributed by atoms with Gasteiger partial charge >= 0.3 is 0 Å². The van der Waals surface area contributed by atoms with Crippen LogP contribution in [0.3, 0.4) is 0 Å². The predicted octanol–water partition coefficient (Wildman–Crippen LogP) is 0.981. The highest BCUT2D eigenvalue weighted by Gasteiger charge is 2.17.